The van der Waals surface area contributed by atoms with Gasteiger partial charge in [-0.1, -0.05) is 36.7 Å². The van der Waals surface area contributed by atoms with Crippen molar-refractivity contribution in [1.29, 1.82) is 0 Å². The summed E-state index contributed by atoms with van der Waals surface area (Å²) >= 11 is 6.11. The van der Waals surface area contributed by atoms with Gasteiger partial charge >= 0.3 is 0 Å². The first-order valence-corrected chi connectivity index (χ1v) is 9.40. The smallest absolute Gasteiger partial charge is 0.279 e. The molecule has 0 bridgehead atoms. The normalized spacial score (nSPS) is 11.5. The fourth-order valence-corrected chi connectivity index (χ4v) is 2.66. The second-order valence-corrected chi connectivity index (χ2v) is 6.86. The average molecular weight is 405 g/mol. The van der Waals surface area contributed by atoms with Crippen LogP contribution in [0.2, 0.25) is 5.02 Å². The zero-order valence-corrected chi connectivity index (χ0v) is 17.2. The van der Waals surface area contributed by atoms with Crippen LogP contribution in [0.25, 0.3) is 0 Å². The van der Waals surface area contributed by atoms with Crippen molar-refractivity contribution in [2.24, 2.45) is 0 Å². The lowest BCUT2D eigenvalue weighted by atomic mass is 10.1. The van der Waals surface area contributed by atoms with Crippen molar-refractivity contribution < 1.29 is 19.1 Å². The van der Waals surface area contributed by atoms with Gasteiger partial charge in [0.05, 0.1) is 0 Å². The number of nitrogens with one attached hydrogen (secondary N) is 2. The van der Waals surface area contributed by atoms with Crippen LogP contribution < -0.4 is 20.3 Å². The third-order valence-corrected chi connectivity index (χ3v) is 4.73. The summed E-state index contributed by atoms with van der Waals surface area (Å²) in [6.07, 6.45) is -0.264. The summed E-state index contributed by atoms with van der Waals surface area (Å²) in [6, 6.07) is 10.9. The van der Waals surface area contributed by atoms with E-state index >= 15 is 0 Å². The SMILES string of the molecule is CCC(Oc1ccccc1C)C(=O)NNC(=O)COc1cc(C)c(Cl)c(C)c1. The van der Waals surface area contributed by atoms with Crippen LogP contribution in [-0.4, -0.2) is 24.5 Å². The summed E-state index contributed by atoms with van der Waals surface area (Å²) in [7, 11) is 0. The Labute approximate surface area is 170 Å². The number of hydrazine groups is 1. The van der Waals surface area contributed by atoms with E-state index in [0.717, 1.165) is 16.7 Å². The molecule has 1 atom stereocenters. The van der Waals surface area contributed by atoms with Crippen molar-refractivity contribution in [2.75, 3.05) is 6.61 Å². The van der Waals surface area contributed by atoms with E-state index in [0.29, 0.717) is 22.9 Å². The first kappa shape index (κ1) is 21.6. The van der Waals surface area contributed by atoms with Crippen molar-refractivity contribution in [1.82, 2.24) is 10.9 Å². The fourth-order valence-electron chi connectivity index (χ4n) is 2.55. The van der Waals surface area contributed by atoms with Gasteiger partial charge in [0.15, 0.2) is 12.7 Å². The Hall–Kier alpha value is -2.73. The summed E-state index contributed by atoms with van der Waals surface area (Å²) in [5.41, 5.74) is 7.38. The highest BCUT2D eigenvalue weighted by atomic mass is 35.5. The minimum absolute atomic E-state index is 0.240. The van der Waals surface area contributed by atoms with Crippen LogP contribution in [0.15, 0.2) is 36.4 Å². The molecule has 2 aromatic carbocycles. The molecule has 6 nitrogen and oxygen atoms in total. The molecular formula is C21H25ClN2O4. The van der Waals surface area contributed by atoms with Crippen LogP contribution in [0, 0.1) is 20.8 Å². The molecule has 0 radical (unpaired) electrons. The average Bonchev–Trinajstić information content (AvgIpc) is 2.67. The van der Waals surface area contributed by atoms with Crippen molar-refractivity contribution in [3.05, 3.63) is 58.1 Å². The van der Waals surface area contributed by atoms with E-state index in [4.69, 9.17) is 21.1 Å². The minimum Gasteiger partial charge on any atom is -0.484 e. The second-order valence-electron chi connectivity index (χ2n) is 6.48. The van der Waals surface area contributed by atoms with Crippen LogP contribution in [0.3, 0.4) is 0 Å². The van der Waals surface area contributed by atoms with Crippen LogP contribution in [0.1, 0.15) is 30.0 Å². The van der Waals surface area contributed by atoms with Gasteiger partial charge in [-0.2, -0.15) is 0 Å². The molecule has 0 aliphatic heterocycles. The number of hydrogen-bond donors (Lipinski definition) is 2. The number of benzene rings is 2. The molecule has 150 valence electrons. The minimum atomic E-state index is -0.719. The molecule has 0 heterocycles. The van der Waals surface area contributed by atoms with E-state index in [1.165, 1.54) is 0 Å². The highest BCUT2D eigenvalue weighted by Crippen LogP contribution is 2.25. The predicted octanol–water partition coefficient (Wildman–Crippen LogP) is 3.65. The molecular weight excluding hydrogens is 380 g/mol. The third kappa shape index (κ3) is 5.89. The standard InChI is InChI=1S/C21H25ClN2O4/c1-5-17(28-18-9-7-6-8-13(18)2)21(26)24-23-19(25)12-27-16-10-14(3)20(22)15(4)11-16/h6-11,17H,5,12H2,1-4H3,(H,23,25)(H,24,26). The molecule has 7 heteroatoms. The van der Waals surface area contributed by atoms with Gasteiger partial charge in [-0.25, -0.2) is 0 Å². The largest absolute Gasteiger partial charge is 0.484 e. The Morgan fingerprint density at radius 3 is 2.29 bits per heavy atom. The molecule has 2 amide bonds. The first-order valence-electron chi connectivity index (χ1n) is 9.02. The molecule has 0 spiro atoms. The third-order valence-electron chi connectivity index (χ3n) is 4.13. The van der Waals surface area contributed by atoms with Crippen molar-refractivity contribution in [2.45, 2.75) is 40.2 Å². The number of para-hydroxylation sites is 1. The zero-order chi connectivity index (χ0) is 20.7. The summed E-state index contributed by atoms with van der Waals surface area (Å²) in [5, 5.41) is 0.670. The number of hydrogen-bond acceptors (Lipinski definition) is 4. The Kier molecular flexibility index (Phi) is 7.70. The van der Waals surface area contributed by atoms with Gasteiger partial charge < -0.3 is 9.47 Å². The summed E-state index contributed by atoms with van der Waals surface area (Å²) in [6.45, 7) is 7.22. The van der Waals surface area contributed by atoms with Gasteiger partial charge in [0.25, 0.3) is 11.8 Å². The van der Waals surface area contributed by atoms with E-state index in [2.05, 4.69) is 10.9 Å². The summed E-state index contributed by atoms with van der Waals surface area (Å²) < 4.78 is 11.2. The molecule has 0 aliphatic rings. The molecule has 2 rings (SSSR count). The van der Waals surface area contributed by atoms with Crippen LogP contribution in [0.5, 0.6) is 11.5 Å². The highest BCUT2D eigenvalue weighted by molar-refractivity contribution is 6.32. The molecule has 0 saturated carbocycles. The maximum atomic E-state index is 12.3. The second kappa shape index (κ2) is 9.99. The van der Waals surface area contributed by atoms with Crippen LogP contribution in [0.4, 0.5) is 0 Å². The Balaban J connectivity index is 1.84. The molecule has 1 unspecified atom stereocenters. The lowest BCUT2D eigenvalue weighted by molar-refractivity contribution is -0.134. The van der Waals surface area contributed by atoms with Gasteiger partial charge in [-0.15, -0.1) is 0 Å². The first-order chi connectivity index (χ1) is 13.3. The number of amides is 2. The number of carbonyl (C=O) groups is 2. The molecule has 28 heavy (non-hydrogen) atoms. The van der Waals surface area contributed by atoms with Gasteiger partial charge in [0.2, 0.25) is 0 Å². The van der Waals surface area contributed by atoms with E-state index < -0.39 is 17.9 Å². The Morgan fingerprint density at radius 1 is 1.04 bits per heavy atom. The van der Waals surface area contributed by atoms with Gasteiger partial charge in [-0.3, -0.25) is 20.4 Å². The van der Waals surface area contributed by atoms with Crippen molar-refractivity contribution in [3.8, 4) is 11.5 Å². The van der Waals surface area contributed by atoms with E-state index in [1.807, 2.05) is 45.9 Å². The van der Waals surface area contributed by atoms with Gasteiger partial charge in [0, 0.05) is 5.02 Å². The Morgan fingerprint density at radius 2 is 1.68 bits per heavy atom. The van der Waals surface area contributed by atoms with Crippen molar-refractivity contribution in [3.63, 3.8) is 0 Å². The molecule has 2 N–H and O–H groups in total. The number of ether oxygens (including phenoxy) is 2. The highest BCUT2D eigenvalue weighted by Gasteiger charge is 2.19. The number of rotatable bonds is 7. The maximum Gasteiger partial charge on any atom is 0.279 e. The summed E-state index contributed by atoms with van der Waals surface area (Å²) in [4.78, 5) is 24.3. The number of aryl methyl sites for hydroxylation is 3. The topological polar surface area (TPSA) is 76.7 Å². The number of halogens is 1. The zero-order valence-electron chi connectivity index (χ0n) is 16.5. The fraction of sp³-hybridized carbons (Fsp3) is 0.333. The maximum absolute atomic E-state index is 12.3. The number of carbonyl (C=O) groups excluding carboxylic acids is 2. The molecule has 2 aromatic rings. The monoisotopic (exact) mass is 404 g/mol. The predicted molar refractivity (Wildman–Crippen MR) is 109 cm³/mol. The van der Waals surface area contributed by atoms with Crippen LogP contribution in [-0.2, 0) is 9.59 Å². The lowest BCUT2D eigenvalue weighted by Gasteiger charge is -2.18. The van der Waals surface area contributed by atoms with Gasteiger partial charge in [0.1, 0.15) is 11.5 Å². The van der Waals surface area contributed by atoms with Crippen molar-refractivity contribution >= 4 is 23.4 Å². The van der Waals surface area contributed by atoms with Gasteiger partial charge in [-0.05, 0) is 62.1 Å². The van der Waals surface area contributed by atoms with E-state index in [9.17, 15) is 9.59 Å². The quantitative estimate of drug-likeness (QED) is 0.690. The molecule has 0 aromatic heterocycles. The van der Waals surface area contributed by atoms with Crippen LogP contribution >= 0.6 is 11.6 Å². The summed E-state index contributed by atoms with van der Waals surface area (Å²) in [5.74, 6) is 0.254. The Bertz CT molecular complexity index is 831. The molecule has 0 fully saturated rings. The molecule has 0 aliphatic carbocycles. The van der Waals surface area contributed by atoms with E-state index in [-0.39, 0.29) is 6.61 Å². The lowest BCUT2D eigenvalue weighted by Crippen LogP contribution is -2.49. The molecule has 0 saturated heterocycles. The van der Waals surface area contributed by atoms with E-state index in [1.54, 1.807) is 18.2 Å².